The van der Waals surface area contributed by atoms with Crippen LogP contribution in [0.3, 0.4) is 0 Å². The first kappa shape index (κ1) is 29.0. The summed E-state index contributed by atoms with van der Waals surface area (Å²) in [5.74, 6) is -0.325. The van der Waals surface area contributed by atoms with Crippen LogP contribution < -0.4 is 14.0 Å². The van der Waals surface area contributed by atoms with Crippen LogP contribution in [0, 0.1) is 0 Å². The van der Waals surface area contributed by atoms with Gasteiger partial charge in [-0.25, -0.2) is 13.2 Å². The number of cyclic esters (lactones) is 1. The number of carbonyl (C=O) groups excluding carboxylic acids is 1. The predicted octanol–water partition coefficient (Wildman–Crippen LogP) is 4.78. The van der Waals surface area contributed by atoms with Gasteiger partial charge in [-0.05, 0) is 56.9 Å². The molecule has 37 heavy (non-hydrogen) atoms. The van der Waals surface area contributed by atoms with Gasteiger partial charge in [0.2, 0.25) is 10.0 Å². The number of nitrogens with zero attached hydrogens (tertiary/aromatic N) is 2. The number of phenolic OH excluding ortho intramolecular Hbond substituents is 1. The second-order valence-electron chi connectivity index (χ2n) is 9.99. The van der Waals surface area contributed by atoms with Gasteiger partial charge in [0.15, 0.2) is 0 Å². The minimum atomic E-state index is -3.81. The van der Waals surface area contributed by atoms with Crippen LogP contribution in [0.5, 0.6) is 5.75 Å². The van der Waals surface area contributed by atoms with Gasteiger partial charge in [-0.15, -0.1) is 0 Å². The van der Waals surface area contributed by atoms with E-state index < -0.39 is 27.3 Å². The Labute approximate surface area is 224 Å². The van der Waals surface area contributed by atoms with Crippen LogP contribution in [0.4, 0.5) is 16.2 Å². The topological polar surface area (TPSA) is 119 Å². The zero-order valence-corrected chi connectivity index (χ0v) is 23.4. The van der Waals surface area contributed by atoms with Crippen LogP contribution in [0.25, 0.3) is 0 Å². The number of aliphatic hydroxyl groups is 1. The molecule has 0 radical (unpaired) electrons. The van der Waals surface area contributed by atoms with Gasteiger partial charge in [-0.3, -0.25) is 4.90 Å². The van der Waals surface area contributed by atoms with E-state index in [1.54, 1.807) is 4.90 Å². The smallest absolute Gasteiger partial charge is 0.415 e. The molecule has 1 aliphatic rings. The number of phenols is 1. The Morgan fingerprint density at radius 3 is 2.46 bits per heavy atom. The Hall–Kier alpha value is -2.53. The molecule has 3 rings (SSSR count). The highest BCUT2D eigenvalue weighted by Gasteiger charge is 2.42. The summed E-state index contributed by atoms with van der Waals surface area (Å²) in [4.78, 5) is 14.7. The van der Waals surface area contributed by atoms with E-state index >= 15 is 0 Å². The van der Waals surface area contributed by atoms with E-state index in [9.17, 15) is 23.4 Å². The Bertz CT molecular complexity index is 1230. The van der Waals surface area contributed by atoms with Crippen molar-refractivity contribution in [3.8, 4) is 5.75 Å². The van der Waals surface area contributed by atoms with Crippen LogP contribution in [-0.4, -0.2) is 49.6 Å². The number of ether oxygens (including phenoxy) is 1. The van der Waals surface area contributed by atoms with Crippen LogP contribution in [-0.2, 0) is 20.4 Å². The first-order valence-electron chi connectivity index (χ1n) is 12.3. The SMILES string of the molecule is CCC1(CC)OC(=O)N(CCC(C)(C)NC[C@H](O)c2ccc(O)c(N(Cl)S(C)(=O)=O)c2)c2ccccc21. The number of amides is 1. The summed E-state index contributed by atoms with van der Waals surface area (Å²) in [6.07, 6.45) is 1.49. The molecule has 9 nitrogen and oxygen atoms in total. The number of benzene rings is 2. The summed E-state index contributed by atoms with van der Waals surface area (Å²) < 4.78 is 29.9. The lowest BCUT2D eigenvalue weighted by Gasteiger charge is -2.42. The second kappa shape index (κ2) is 11.1. The van der Waals surface area contributed by atoms with Gasteiger partial charge < -0.3 is 20.3 Å². The molecule has 0 spiro atoms. The van der Waals surface area contributed by atoms with Crippen LogP contribution in [0.15, 0.2) is 42.5 Å². The average Bonchev–Trinajstić information content (AvgIpc) is 2.85. The maximum atomic E-state index is 13.0. The van der Waals surface area contributed by atoms with Crippen molar-refractivity contribution in [2.24, 2.45) is 0 Å². The molecule has 0 fully saturated rings. The van der Waals surface area contributed by atoms with Gasteiger partial charge in [-0.1, -0.05) is 38.1 Å². The molecule has 1 heterocycles. The van der Waals surface area contributed by atoms with Gasteiger partial charge in [-0.2, -0.15) is 3.82 Å². The number of hydrogen-bond acceptors (Lipinski definition) is 7. The fourth-order valence-corrected chi connectivity index (χ4v) is 5.13. The van der Waals surface area contributed by atoms with Crippen molar-refractivity contribution < 1.29 is 28.2 Å². The van der Waals surface area contributed by atoms with Crippen LogP contribution >= 0.6 is 11.8 Å². The van der Waals surface area contributed by atoms with Crippen molar-refractivity contribution in [1.29, 1.82) is 0 Å². The van der Waals surface area contributed by atoms with Crippen molar-refractivity contribution in [3.05, 3.63) is 53.6 Å². The highest BCUT2D eigenvalue weighted by atomic mass is 35.5. The van der Waals surface area contributed by atoms with Crippen molar-refractivity contribution in [2.45, 2.75) is 64.2 Å². The minimum absolute atomic E-state index is 0.141. The molecule has 0 aliphatic carbocycles. The Morgan fingerprint density at radius 2 is 1.84 bits per heavy atom. The van der Waals surface area contributed by atoms with E-state index in [4.69, 9.17) is 16.5 Å². The molecule has 0 saturated carbocycles. The number of β-amino-alcohol motifs (C(OH)–C–C–N with tert-alkyl or cyclic N) is 1. The fourth-order valence-electron chi connectivity index (χ4n) is 4.49. The molecule has 1 amide bonds. The number of sulfonamides is 1. The lowest BCUT2D eigenvalue weighted by atomic mass is 9.85. The van der Waals surface area contributed by atoms with Crippen molar-refractivity contribution >= 4 is 39.3 Å². The molecule has 204 valence electrons. The molecule has 1 atom stereocenters. The third-order valence-corrected chi connectivity index (χ3v) is 8.64. The maximum absolute atomic E-state index is 13.0. The van der Waals surface area contributed by atoms with Crippen LogP contribution in [0.2, 0.25) is 0 Å². The molecular weight excluding hydrogens is 518 g/mol. The number of aliphatic hydroxyl groups excluding tert-OH is 1. The summed E-state index contributed by atoms with van der Waals surface area (Å²) in [7, 11) is -3.81. The molecule has 2 aromatic carbocycles. The second-order valence-corrected chi connectivity index (χ2v) is 12.4. The summed E-state index contributed by atoms with van der Waals surface area (Å²) in [6, 6.07) is 11.9. The molecule has 0 saturated heterocycles. The molecule has 1 aliphatic heterocycles. The Balaban J connectivity index is 1.69. The molecule has 0 bridgehead atoms. The number of nitrogens with one attached hydrogen (secondary N) is 1. The molecule has 2 aromatic rings. The predicted molar refractivity (Wildman–Crippen MR) is 145 cm³/mol. The lowest BCUT2D eigenvalue weighted by molar-refractivity contribution is -0.00134. The monoisotopic (exact) mass is 553 g/mol. The standard InChI is InChI=1S/C26H36ClN3O6S/c1-6-26(7-2)19-10-8-9-11-20(19)29(24(33)36-26)15-14-25(3,4)28-17-23(32)18-12-13-22(31)21(16-18)30(27)37(5,34)35/h8-13,16,23,28,31-32H,6-7,14-15,17H2,1-5H3/t23-/m0/s1. The van der Waals surface area contributed by atoms with Crippen molar-refractivity contribution in [2.75, 3.05) is 28.1 Å². The molecule has 0 aromatic heterocycles. The number of halogens is 1. The highest BCUT2D eigenvalue weighted by molar-refractivity contribution is 7.93. The Kier molecular flexibility index (Phi) is 8.68. The number of aromatic hydroxyl groups is 1. The quantitative estimate of drug-likeness (QED) is 0.343. The van der Waals surface area contributed by atoms with Gasteiger partial charge in [0.05, 0.1) is 18.0 Å². The average molecular weight is 554 g/mol. The van der Waals surface area contributed by atoms with Gasteiger partial charge in [0.25, 0.3) is 0 Å². The van der Waals surface area contributed by atoms with E-state index in [0.29, 0.717) is 35.2 Å². The number of anilines is 2. The van der Waals surface area contributed by atoms with E-state index in [2.05, 4.69) is 5.32 Å². The van der Waals surface area contributed by atoms with Gasteiger partial charge in [0, 0.05) is 36.0 Å². The molecule has 11 heteroatoms. The zero-order chi connectivity index (χ0) is 27.6. The first-order valence-corrected chi connectivity index (χ1v) is 14.5. The fraction of sp³-hybridized carbons (Fsp3) is 0.500. The third kappa shape index (κ3) is 6.31. The number of rotatable bonds is 11. The maximum Gasteiger partial charge on any atom is 0.415 e. The van der Waals surface area contributed by atoms with Gasteiger partial charge >= 0.3 is 6.09 Å². The first-order chi connectivity index (χ1) is 17.2. The summed E-state index contributed by atoms with van der Waals surface area (Å²) >= 11 is 5.86. The minimum Gasteiger partial charge on any atom is -0.506 e. The van der Waals surface area contributed by atoms with E-state index in [1.165, 1.54) is 18.2 Å². The molecular formula is C26H36ClN3O6S. The Morgan fingerprint density at radius 1 is 1.19 bits per heavy atom. The number of fused-ring (bicyclic) bond motifs is 1. The summed E-state index contributed by atoms with van der Waals surface area (Å²) in [5.41, 5.74) is 1.01. The van der Waals surface area contributed by atoms with E-state index in [-0.39, 0.29) is 24.1 Å². The molecule has 3 N–H and O–H groups in total. The van der Waals surface area contributed by atoms with Crippen LogP contribution in [0.1, 0.15) is 64.2 Å². The van der Waals surface area contributed by atoms with E-state index in [1.807, 2.05) is 52.0 Å². The summed E-state index contributed by atoms with van der Waals surface area (Å²) in [6.45, 7) is 8.53. The number of carbonyl (C=O) groups is 1. The largest absolute Gasteiger partial charge is 0.506 e. The normalized spacial score (nSPS) is 16.2. The highest BCUT2D eigenvalue weighted by Crippen LogP contribution is 2.43. The number of para-hydroxylation sites is 1. The molecule has 0 unspecified atom stereocenters. The van der Waals surface area contributed by atoms with E-state index in [0.717, 1.165) is 17.5 Å². The zero-order valence-electron chi connectivity index (χ0n) is 21.9. The van der Waals surface area contributed by atoms with Crippen molar-refractivity contribution in [3.63, 3.8) is 0 Å². The lowest BCUT2D eigenvalue weighted by Crippen LogP contribution is -2.49. The van der Waals surface area contributed by atoms with Gasteiger partial charge in [0.1, 0.15) is 17.0 Å². The van der Waals surface area contributed by atoms with Crippen molar-refractivity contribution in [1.82, 2.24) is 5.32 Å². The summed E-state index contributed by atoms with van der Waals surface area (Å²) in [5, 5.41) is 24.1. The number of hydrogen-bond donors (Lipinski definition) is 3. The third-order valence-electron chi connectivity index (χ3n) is 6.93.